The second-order valence-electron chi connectivity index (χ2n) is 9.22. The third kappa shape index (κ3) is 5.59. The number of aryl methyl sites for hydroxylation is 1. The van der Waals surface area contributed by atoms with E-state index in [9.17, 15) is 18.0 Å². The molecule has 1 saturated heterocycles. The van der Waals surface area contributed by atoms with Crippen LogP contribution < -0.4 is 25.0 Å². The van der Waals surface area contributed by atoms with Gasteiger partial charge >= 0.3 is 6.18 Å². The number of carbonyl (C=O) groups is 1. The summed E-state index contributed by atoms with van der Waals surface area (Å²) < 4.78 is 52.6. The first kappa shape index (κ1) is 25.6. The third-order valence-electron chi connectivity index (χ3n) is 6.44. The lowest BCUT2D eigenvalue weighted by Crippen LogP contribution is -2.44. The number of benzene rings is 2. The van der Waals surface area contributed by atoms with E-state index < -0.39 is 17.6 Å². The number of hydrogen-bond donors (Lipinski definition) is 2. The van der Waals surface area contributed by atoms with E-state index in [2.05, 4.69) is 25.5 Å². The minimum Gasteiger partial charge on any atom is -0.483 e. The number of hydrogen-bond acceptors (Lipinski definition) is 8. The molecule has 0 saturated carbocycles. The summed E-state index contributed by atoms with van der Waals surface area (Å²) in [5.41, 5.74) is 0.601. The zero-order valence-corrected chi connectivity index (χ0v) is 20.9. The largest absolute Gasteiger partial charge is 0.483 e. The Labute approximate surface area is 217 Å². The van der Waals surface area contributed by atoms with Crippen molar-refractivity contribution in [3.8, 4) is 17.4 Å². The van der Waals surface area contributed by atoms with Crippen molar-refractivity contribution >= 4 is 23.1 Å². The molecular weight excluding hydrogens is 501 g/mol. The zero-order valence-electron chi connectivity index (χ0n) is 20.9. The van der Waals surface area contributed by atoms with Crippen molar-refractivity contribution in [2.45, 2.75) is 13.1 Å². The molecule has 0 unspecified atom stereocenters. The number of ether oxygens (including phenoxy) is 2. The van der Waals surface area contributed by atoms with Crippen LogP contribution in [0.3, 0.4) is 0 Å². The topological polar surface area (TPSA) is 91.9 Å². The number of fused-ring (bicyclic) bond motifs is 1. The van der Waals surface area contributed by atoms with Gasteiger partial charge in [0.2, 0.25) is 5.75 Å². The number of anilines is 3. The van der Waals surface area contributed by atoms with E-state index in [1.807, 2.05) is 11.9 Å². The average Bonchev–Trinajstić information content (AvgIpc) is 2.90. The minimum atomic E-state index is -4.56. The van der Waals surface area contributed by atoms with Crippen LogP contribution in [0.5, 0.6) is 17.4 Å². The first-order valence-electron chi connectivity index (χ1n) is 12.1. The summed E-state index contributed by atoms with van der Waals surface area (Å²) in [4.78, 5) is 25.4. The summed E-state index contributed by atoms with van der Waals surface area (Å²) in [6, 6.07) is 8.43. The molecule has 0 atom stereocenters. The Balaban J connectivity index is 1.39. The average molecular weight is 529 g/mol. The van der Waals surface area contributed by atoms with Gasteiger partial charge in [0.25, 0.3) is 11.8 Å². The molecule has 0 bridgehead atoms. The summed E-state index contributed by atoms with van der Waals surface area (Å²) in [5, 5.41) is 5.73. The first-order valence-corrected chi connectivity index (χ1v) is 12.1. The van der Waals surface area contributed by atoms with Gasteiger partial charge in [-0.05, 0) is 49.9 Å². The molecule has 0 aliphatic carbocycles. The van der Waals surface area contributed by atoms with Gasteiger partial charge < -0.3 is 29.9 Å². The van der Waals surface area contributed by atoms with Gasteiger partial charge in [0.1, 0.15) is 18.7 Å². The monoisotopic (exact) mass is 528 g/mol. The van der Waals surface area contributed by atoms with E-state index in [1.165, 1.54) is 12.4 Å². The maximum absolute atomic E-state index is 13.7. The Kier molecular flexibility index (Phi) is 6.98. The summed E-state index contributed by atoms with van der Waals surface area (Å²) in [6.07, 6.45) is -3.21. The molecule has 38 heavy (non-hydrogen) atoms. The van der Waals surface area contributed by atoms with Crippen molar-refractivity contribution in [3.05, 3.63) is 59.4 Å². The van der Waals surface area contributed by atoms with Gasteiger partial charge in [-0.2, -0.15) is 18.2 Å². The van der Waals surface area contributed by atoms with E-state index in [4.69, 9.17) is 9.47 Å². The van der Waals surface area contributed by atoms with Crippen LogP contribution in [0, 0.1) is 6.92 Å². The fourth-order valence-electron chi connectivity index (χ4n) is 4.26. The highest BCUT2D eigenvalue weighted by Crippen LogP contribution is 2.38. The summed E-state index contributed by atoms with van der Waals surface area (Å²) in [6.45, 7) is 5.49. The molecular formula is C26H27F3N6O3. The molecule has 9 nitrogen and oxygen atoms in total. The van der Waals surface area contributed by atoms with E-state index in [-0.39, 0.29) is 17.1 Å². The molecule has 1 fully saturated rings. The molecule has 0 radical (unpaired) electrons. The lowest BCUT2D eigenvalue weighted by molar-refractivity contribution is -0.137. The van der Waals surface area contributed by atoms with Crippen molar-refractivity contribution in [1.29, 1.82) is 0 Å². The van der Waals surface area contributed by atoms with Crippen molar-refractivity contribution in [3.63, 3.8) is 0 Å². The predicted molar refractivity (Wildman–Crippen MR) is 136 cm³/mol. The number of nitrogens with zero attached hydrogens (tertiary/aromatic N) is 4. The number of amides is 1. The summed E-state index contributed by atoms with van der Waals surface area (Å²) in [7, 11) is 1.97. The Bertz CT molecular complexity index is 1340. The van der Waals surface area contributed by atoms with Crippen LogP contribution in [0.25, 0.3) is 0 Å². The maximum atomic E-state index is 13.7. The fourth-order valence-corrected chi connectivity index (χ4v) is 4.26. The van der Waals surface area contributed by atoms with Gasteiger partial charge in [-0.15, -0.1) is 0 Å². The van der Waals surface area contributed by atoms with E-state index in [0.717, 1.165) is 30.8 Å². The predicted octanol–water partition coefficient (Wildman–Crippen LogP) is 4.40. The second kappa shape index (κ2) is 10.4. The molecule has 2 aliphatic heterocycles. The lowest BCUT2D eigenvalue weighted by Gasteiger charge is -2.34. The number of halogens is 3. The van der Waals surface area contributed by atoms with Crippen LogP contribution >= 0.6 is 0 Å². The van der Waals surface area contributed by atoms with Gasteiger partial charge in [0, 0.05) is 43.1 Å². The Morgan fingerprint density at radius 3 is 2.66 bits per heavy atom. The summed E-state index contributed by atoms with van der Waals surface area (Å²) in [5.74, 6) is 0.857. The normalized spacial score (nSPS) is 15.8. The number of rotatable bonds is 5. The molecule has 3 aromatic rings. The Hall–Kier alpha value is -4.06. The summed E-state index contributed by atoms with van der Waals surface area (Å²) >= 11 is 0. The smallest absolute Gasteiger partial charge is 0.416 e. The number of alkyl halides is 3. The highest BCUT2D eigenvalue weighted by atomic mass is 19.4. The highest BCUT2D eigenvalue weighted by molar-refractivity contribution is 6.04. The van der Waals surface area contributed by atoms with Crippen molar-refractivity contribution < 1.29 is 27.4 Å². The van der Waals surface area contributed by atoms with Crippen molar-refractivity contribution in [1.82, 2.24) is 14.9 Å². The lowest BCUT2D eigenvalue weighted by atomic mass is 10.1. The second-order valence-corrected chi connectivity index (χ2v) is 9.22. The van der Waals surface area contributed by atoms with Gasteiger partial charge in [0.05, 0.1) is 12.1 Å². The fraction of sp³-hybridized carbons (Fsp3) is 0.346. The molecule has 5 rings (SSSR count). The molecule has 200 valence electrons. The minimum absolute atomic E-state index is 0.0612. The van der Waals surface area contributed by atoms with Crippen molar-refractivity contribution in [2.24, 2.45) is 0 Å². The molecule has 12 heteroatoms. The van der Waals surface area contributed by atoms with E-state index in [0.29, 0.717) is 49.2 Å². The number of carbonyl (C=O) groups excluding carboxylic acids is 1. The molecule has 2 aliphatic rings. The van der Waals surface area contributed by atoms with Crippen LogP contribution in [0.15, 0.2) is 42.7 Å². The van der Waals surface area contributed by atoms with Gasteiger partial charge in [-0.3, -0.25) is 4.79 Å². The first-order chi connectivity index (χ1) is 18.2. The maximum Gasteiger partial charge on any atom is 0.416 e. The molecule has 1 aromatic heterocycles. The number of nitrogens with one attached hydrogen (secondary N) is 2. The molecule has 0 spiro atoms. The Morgan fingerprint density at radius 2 is 1.89 bits per heavy atom. The Morgan fingerprint density at radius 1 is 1.11 bits per heavy atom. The zero-order chi connectivity index (χ0) is 26.9. The molecule has 3 heterocycles. The third-order valence-corrected chi connectivity index (χ3v) is 6.44. The number of likely N-dealkylation sites (N-methyl/N-ethyl adjacent to an activating group) is 1. The van der Waals surface area contributed by atoms with Crippen LogP contribution in [0.1, 0.15) is 21.5 Å². The van der Waals surface area contributed by atoms with Crippen LogP contribution in [-0.2, 0) is 6.18 Å². The SMILES string of the molecule is Cc1ccc(C(=O)Nc2cc(N3CCN(C)CC3)cc(C(F)(F)F)c2)cc1Oc1ncnc2c1OCCN2. The number of aromatic nitrogens is 2. The quantitative estimate of drug-likeness (QED) is 0.504. The molecule has 2 aromatic carbocycles. The molecule has 2 N–H and O–H groups in total. The van der Waals surface area contributed by atoms with Gasteiger partial charge in [-0.1, -0.05) is 6.07 Å². The molecule has 1 amide bonds. The standard InChI is InChI=1S/C26H27F3N6O3/c1-16-3-4-17(11-21(16)38-25-22-23(31-15-32-25)30-5-10-37-22)24(36)33-19-12-18(26(27,28)29)13-20(14-19)35-8-6-34(2)7-9-35/h3-4,11-15H,5-10H2,1-2H3,(H,33,36)(H,30,31,32). The highest BCUT2D eigenvalue weighted by Gasteiger charge is 2.32. The van der Waals surface area contributed by atoms with E-state index >= 15 is 0 Å². The van der Waals surface area contributed by atoms with Crippen molar-refractivity contribution in [2.75, 3.05) is 61.9 Å². The van der Waals surface area contributed by atoms with Crippen LogP contribution in [0.2, 0.25) is 0 Å². The number of piperazine rings is 1. The van der Waals surface area contributed by atoms with Crippen LogP contribution in [-0.4, -0.2) is 67.2 Å². The van der Waals surface area contributed by atoms with Gasteiger partial charge in [0.15, 0.2) is 5.82 Å². The van der Waals surface area contributed by atoms with E-state index in [1.54, 1.807) is 25.1 Å². The van der Waals surface area contributed by atoms with Gasteiger partial charge in [-0.25, -0.2) is 4.98 Å². The van der Waals surface area contributed by atoms with Crippen LogP contribution in [0.4, 0.5) is 30.4 Å².